The van der Waals surface area contributed by atoms with Crippen LogP contribution in [0.1, 0.15) is 11.6 Å². The van der Waals surface area contributed by atoms with Crippen LogP contribution in [-0.4, -0.2) is 26.3 Å². The van der Waals surface area contributed by atoms with Gasteiger partial charge < -0.3 is 15.0 Å². The maximum Gasteiger partial charge on any atom is 0.142 e. The van der Waals surface area contributed by atoms with Crippen LogP contribution in [0, 0.1) is 17.1 Å². The second-order valence-electron chi connectivity index (χ2n) is 5.49. The Balaban J connectivity index is 1.88. The van der Waals surface area contributed by atoms with Crippen molar-refractivity contribution in [2.45, 2.75) is 6.04 Å². The fourth-order valence-electron chi connectivity index (χ4n) is 2.76. The number of benzene rings is 2. The Labute approximate surface area is 145 Å². The van der Waals surface area contributed by atoms with E-state index in [0.717, 1.165) is 24.3 Å². The minimum atomic E-state index is -0.564. The van der Waals surface area contributed by atoms with Crippen molar-refractivity contribution in [3.63, 3.8) is 0 Å². The van der Waals surface area contributed by atoms with E-state index >= 15 is 0 Å². The topological polar surface area (TPSA) is 48.3 Å². The lowest BCUT2D eigenvalue weighted by molar-refractivity contribution is 0.122. The van der Waals surface area contributed by atoms with Crippen LogP contribution in [0.15, 0.2) is 42.5 Å². The highest BCUT2D eigenvalue weighted by Gasteiger charge is 2.20. The fourth-order valence-corrected chi connectivity index (χ4v) is 2.94. The minimum absolute atomic E-state index is 0.0261. The van der Waals surface area contributed by atoms with Crippen molar-refractivity contribution in [2.75, 3.05) is 36.5 Å². The highest BCUT2D eigenvalue weighted by molar-refractivity contribution is 6.31. The van der Waals surface area contributed by atoms with E-state index in [0.29, 0.717) is 18.9 Å². The third-order valence-electron chi connectivity index (χ3n) is 3.96. The first-order valence-electron chi connectivity index (χ1n) is 7.72. The molecule has 1 N–H and O–H groups in total. The molecule has 3 rings (SSSR count). The molecule has 0 saturated carbocycles. The third kappa shape index (κ3) is 3.61. The molecule has 1 saturated heterocycles. The average Bonchev–Trinajstić information content (AvgIpc) is 2.63. The number of hydrogen-bond donors (Lipinski definition) is 1. The van der Waals surface area contributed by atoms with Crippen LogP contribution in [0.2, 0.25) is 5.02 Å². The van der Waals surface area contributed by atoms with Crippen LogP contribution in [0.3, 0.4) is 0 Å². The number of nitrogens with zero attached hydrogens (tertiary/aromatic N) is 2. The maximum atomic E-state index is 13.3. The van der Waals surface area contributed by atoms with E-state index in [1.54, 1.807) is 6.07 Å². The molecule has 24 heavy (non-hydrogen) atoms. The number of rotatable bonds is 4. The highest BCUT2D eigenvalue weighted by Crippen LogP contribution is 2.30. The summed E-state index contributed by atoms with van der Waals surface area (Å²) in [6, 6.07) is 13.8. The highest BCUT2D eigenvalue weighted by atomic mass is 35.5. The van der Waals surface area contributed by atoms with Gasteiger partial charge in [-0.05, 0) is 24.3 Å². The molecule has 0 aromatic heterocycles. The normalized spacial score (nSPS) is 15.6. The van der Waals surface area contributed by atoms with Crippen molar-refractivity contribution in [2.24, 2.45) is 0 Å². The number of ether oxygens (including phenoxy) is 1. The summed E-state index contributed by atoms with van der Waals surface area (Å²) in [6.07, 6.45) is 0. The molecule has 0 radical (unpaired) electrons. The van der Waals surface area contributed by atoms with Gasteiger partial charge in [-0.2, -0.15) is 5.26 Å². The van der Waals surface area contributed by atoms with Crippen molar-refractivity contribution in [1.29, 1.82) is 5.26 Å². The van der Waals surface area contributed by atoms with E-state index < -0.39 is 11.9 Å². The van der Waals surface area contributed by atoms with Gasteiger partial charge in [0, 0.05) is 30.0 Å². The molecule has 0 bridgehead atoms. The molecule has 124 valence electrons. The second kappa shape index (κ2) is 7.52. The quantitative estimate of drug-likeness (QED) is 0.910. The molecule has 6 heteroatoms. The van der Waals surface area contributed by atoms with Gasteiger partial charge >= 0.3 is 0 Å². The molecule has 2 aromatic rings. The summed E-state index contributed by atoms with van der Waals surface area (Å²) < 4.78 is 18.7. The van der Waals surface area contributed by atoms with Gasteiger partial charge in [0.05, 0.1) is 24.3 Å². The lowest BCUT2D eigenvalue weighted by Gasteiger charge is -2.31. The molecular weight excluding hydrogens is 329 g/mol. The summed E-state index contributed by atoms with van der Waals surface area (Å²) in [7, 11) is 0. The molecule has 1 unspecified atom stereocenters. The summed E-state index contributed by atoms with van der Waals surface area (Å²) in [5.41, 5.74) is 2.49. The Morgan fingerprint density at radius 3 is 2.67 bits per heavy atom. The van der Waals surface area contributed by atoms with Crippen molar-refractivity contribution < 1.29 is 9.13 Å². The van der Waals surface area contributed by atoms with Gasteiger partial charge in [-0.25, -0.2) is 4.39 Å². The molecule has 0 aliphatic carbocycles. The van der Waals surface area contributed by atoms with Gasteiger partial charge in [0.25, 0.3) is 0 Å². The fraction of sp³-hybridized carbons (Fsp3) is 0.278. The largest absolute Gasteiger partial charge is 0.378 e. The van der Waals surface area contributed by atoms with Gasteiger partial charge in [-0.1, -0.05) is 29.8 Å². The van der Waals surface area contributed by atoms with Crippen LogP contribution < -0.4 is 10.2 Å². The summed E-state index contributed by atoms with van der Waals surface area (Å²) in [6.45, 7) is 2.92. The van der Waals surface area contributed by atoms with E-state index in [4.69, 9.17) is 16.3 Å². The Morgan fingerprint density at radius 1 is 1.21 bits per heavy atom. The van der Waals surface area contributed by atoms with Crippen LogP contribution in [0.5, 0.6) is 0 Å². The molecule has 4 nitrogen and oxygen atoms in total. The molecule has 1 aliphatic heterocycles. The number of nitriles is 1. The van der Waals surface area contributed by atoms with Gasteiger partial charge in [0.2, 0.25) is 0 Å². The van der Waals surface area contributed by atoms with Crippen molar-refractivity contribution in [3.05, 3.63) is 58.9 Å². The first-order chi connectivity index (χ1) is 11.7. The van der Waals surface area contributed by atoms with Gasteiger partial charge in [-0.15, -0.1) is 0 Å². The zero-order chi connectivity index (χ0) is 16.9. The zero-order valence-corrected chi connectivity index (χ0v) is 13.8. The predicted molar refractivity (Wildman–Crippen MR) is 92.9 cm³/mol. The first-order valence-corrected chi connectivity index (χ1v) is 8.09. The molecular formula is C18H17ClFN3O. The van der Waals surface area contributed by atoms with E-state index in [9.17, 15) is 9.65 Å². The SMILES string of the molecule is N#CC(Nc1ccc(F)c(Cl)c1)c1ccccc1N1CCOCC1. The maximum absolute atomic E-state index is 13.3. The predicted octanol–water partition coefficient (Wildman–Crippen LogP) is 3.99. The lowest BCUT2D eigenvalue weighted by atomic mass is 10.0. The Hall–Kier alpha value is -2.29. The average molecular weight is 346 g/mol. The number of morpholine rings is 1. The summed E-state index contributed by atoms with van der Waals surface area (Å²) in [5, 5.41) is 12.8. The van der Waals surface area contributed by atoms with Crippen molar-refractivity contribution in [3.8, 4) is 6.07 Å². The zero-order valence-electron chi connectivity index (χ0n) is 13.0. The smallest absolute Gasteiger partial charge is 0.142 e. The Bertz CT molecular complexity index is 756. The molecule has 1 heterocycles. The van der Waals surface area contributed by atoms with Crippen LogP contribution in [-0.2, 0) is 4.74 Å². The van der Waals surface area contributed by atoms with E-state index in [1.165, 1.54) is 12.1 Å². The number of nitrogens with one attached hydrogen (secondary N) is 1. The molecule has 1 atom stereocenters. The first kappa shape index (κ1) is 16.6. The standard InChI is InChI=1S/C18H17ClFN3O/c19-15-11-13(5-6-16(15)20)22-17(12-21)14-3-1-2-4-18(14)23-7-9-24-10-8-23/h1-6,11,17,22H,7-10H2. The number of halogens is 2. The number of hydrogen-bond acceptors (Lipinski definition) is 4. The number of para-hydroxylation sites is 1. The minimum Gasteiger partial charge on any atom is -0.378 e. The van der Waals surface area contributed by atoms with Gasteiger partial charge in [0.15, 0.2) is 0 Å². The Morgan fingerprint density at radius 2 is 1.96 bits per heavy atom. The molecule has 0 spiro atoms. The molecule has 2 aromatic carbocycles. The lowest BCUT2D eigenvalue weighted by Crippen LogP contribution is -2.37. The van der Waals surface area contributed by atoms with E-state index in [1.807, 2.05) is 24.3 Å². The van der Waals surface area contributed by atoms with E-state index in [2.05, 4.69) is 16.3 Å². The molecule has 1 fully saturated rings. The molecule has 1 aliphatic rings. The number of anilines is 2. The Kier molecular flexibility index (Phi) is 5.19. The summed E-state index contributed by atoms with van der Waals surface area (Å²) >= 11 is 5.82. The summed E-state index contributed by atoms with van der Waals surface area (Å²) in [5.74, 6) is -0.482. The van der Waals surface area contributed by atoms with E-state index in [-0.39, 0.29) is 5.02 Å². The monoisotopic (exact) mass is 345 g/mol. The van der Waals surface area contributed by atoms with Crippen molar-refractivity contribution in [1.82, 2.24) is 0 Å². The third-order valence-corrected chi connectivity index (χ3v) is 4.25. The van der Waals surface area contributed by atoms with Gasteiger partial charge in [0.1, 0.15) is 11.9 Å². The molecule has 0 amide bonds. The second-order valence-corrected chi connectivity index (χ2v) is 5.90. The van der Waals surface area contributed by atoms with Crippen molar-refractivity contribution >= 4 is 23.0 Å². The van der Waals surface area contributed by atoms with Crippen LogP contribution >= 0.6 is 11.6 Å². The van der Waals surface area contributed by atoms with Gasteiger partial charge in [-0.3, -0.25) is 0 Å². The van der Waals surface area contributed by atoms with Crippen LogP contribution in [0.25, 0.3) is 0 Å². The van der Waals surface area contributed by atoms with Crippen LogP contribution in [0.4, 0.5) is 15.8 Å². The summed E-state index contributed by atoms with van der Waals surface area (Å²) in [4.78, 5) is 2.21.